The van der Waals surface area contributed by atoms with Gasteiger partial charge in [-0.3, -0.25) is 4.79 Å². The Hall–Kier alpha value is -3.40. The number of aromatic nitrogens is 4. The number of nitrogens with zero attached hydrogens (tertiary/aromatic N) is 4. The van der Waals surface area contributed by atoms with Crippen LogP contribution in [0.2, 0.25) is 0 Å². The monoisotopic (exact) mass is 437 g/mol. The van der Waals surface area contributed by atoms with E-state index >= 15 is 0 Å². The van der Waals surface area contributed by atoms with E-state index in [2.05, 4.69) is 31.0 Å². The lowest BCUT2D eigenvalue weighted by atomic mass is 9.93. The number of carbonyl (C=O) groups excluding carboxylic acids is 1. The van der Waals surface area contributed by atoms with Crippen LogP contribution in [0.15, 0.2) is 30.6 Å². The number of amides is 1. The number of nitrogens with one attached hydrogen (secondary N) is 3. The molecular formula is C22H27N7O3. The lowest BCUT2D eigenvalue weighted by Crippen LogP contribution is -2.39. The zero-order valence-electron chi connectivity index (χ0n) is 18.0. The van der Waals surface area contributed by atoms with Crippen molar-refractivity contribution in [3.8, 4) is 5.88 Å². The van der Waals surface area contributed by atoms with Crippen LogP contribution in [0.5, 0.6) is 5.88 Å². The van der Waals surface area contributed by atoms with Crippen LogP contribution in [0.4, 0.5) is 17.3 Å². The normalized spacial score (nSPS) is 17.0. The number of carbonyl (C=O) groups is 1. The van der Waals surface area contributed by atoms with Crippen molar-refractivity contribution in [2.75, 3.05) is 30.9 Å². The third kappa shape index (κ3) is 4.18. The molecule has 0 unspecified atom stereocenters. The molecule has 2 fully saturated rings. The molecule has 0 spiro atoms. The maximum atomic E-state index is 12.8. The molecule has 0 aromatic carbocycles. The van der Waals surface area contributed by atoms with Gasteiger partial charge in [-0.05, 0) is 31.4 Å². The average molecular weight is 438 g/mol. The van der Waals surface area contributed by atoms with Gasteiger partial charge in [-0.15, -0.1) is 0 Å². The number of pyridine rings is 1. The predicted octanol–water partition coefficient (Wildman–Crippen LogP) is 2.75. The first-order valence-corrected chi connectivity index (χ1v) is 11.0. The Labute approximate surface area is 185 Å². The Morgan fingerprint density at radius 3 is 2.84 bits per heavy atom. The summed E-state index contributed by atoms with van der Waals surface area (Å²) in [6.45, 7) is 1.38. The van der Waals surface area contributed by atoms with E-state index in [0.717, 1.165) is 32.1 Å². The molecule has 1 saturated carbocycles. The standard InChI is InChI=1S/C22H27N7O3/c1-23-19-12-18(27-17-6-3-9-24-22(17)32-15-7-10-31-11-8-15)28-20-16(13-25-29(19)20)21(30)26-14-4-2-5-14/h3,6,9,12-15,23H,2,4-5,7-8,10-11H2,1H3,(H,26,30)(H,27,28). The quantitative estimate of drug-likeness (QED) is 0.517. The van der Waals surface area contributed by atoms with E-state index in [1.165, 1.54) is 0 Å². The minimum atomic E-state index is -0.152. The molecule has 1 saturated heterocycles. The topological polar surface area (TPSA) is 115 Å². The summed E-state index contributed by atoms with van der Waals surface area (Å²) in [7, 11) is 1.80. The van der Waals surface area contributed by atoms with Crippen molar-refractivity contribution in [3.05, 3.63) is 36.2 Å². The van der Waals surface area contributed by atoms with Gasteiger partial charge in [-0.25, -0.2) is 9.97 Å². The van der Waals surface area contributed by atoms with Crippen molar-refractivity contribution in [1.82, 2.24) is 24.9 Å². The van der Waals surface area contributed by atoms with E-state index in [-0.39, 0.29) is 18.1 Å². The van der Waals surface area contributed by atoms with Gasteiger partial charge in [-0.2, -0.15) is 9.61 Å². The summed E-state index contributed by atoms with van der Waals surface area (Å²) in [6, 6.07) is 5.81. The highest BCUT2D eigenvalue weighted by atomic mass is 16.5. The van der Waals surface area contributed by atoms with Crippen LogP contribution >= 0.6 is 0 Å². The summed E-state index contributed by atoms with van der Waals surface area (Å²) in [4.78, 5) is 21.9. The lowest BCUT2D eigenvalue weighted by molar-refractivity contribution is 0.0240. The molecular weight excluding hydrogens is 410 g/mol. The molecule has 3 N–H and O–H groups in total. The van der Waals surface area contributed by atoms with Gasteiger partial charge >= 0.3 is 0 Å². The largest absolute Gasteiger partial charge is 0.473 e. The first-order chi connectivity index (χ1) is 15.7. The summed E-state index contributed by atoms with van der Waals surface area (Å²) in [6.07, 6.45) is 8.19. The summed E-state index contributed by atoms with van der Waals surface area (Å²) >= 11 is 0. The average Bonchev–Trinajstić information content (AvgIpc) is 3.22. The molecule has 168 valence electrons. The van der Waals surface area contributed by atoms with Gasteiger partial charge in [-0.1, -0.05) is 0 Å². The summed E-state index contributed by atoms with van der Waals surface area (Å²) in [5.74, 6) is 1.63. The Morgan fingerprint density at radius 1 is 1.25 bits per heavy atom. The molecule has 3 aromatic heterocycles. The predicted molar refractivity (Wildman–Crippen MR) is 120 cm³/mol. The van der Waals surface area contributed by atoms with Gasteiger partial charge in [0.25, 0.3) is 5.91 Å². The number of hydrogen-bond donors (Lipinski definition) is 3. The molecule has 1 amide bonds. The molecule has 0 radical (unpaired) electrons. The molecule has 10 heteroatoms. The minimum Gasteiger partial charge on any atom is -0.473 e. The zero-order chi connectivity index (χ0) is 21.9. The fourth-order valence-electron chi connectivity index (χ4n) is 3.85. The van der Waals surface area contributed by atoms with Crippen LogP contribution in [-0.2, 0) is 4.74 Å². The minimum absolute atomic E-state index is 0.0687. The highest BCUT2D eigenvalue weighted by molar-refractivity contribution is 6.00. The Bertz CT molecular complexity index is 1110. The molecule has 10 nitrogen and oxygen atoms in total. The van der Waals surface area contributed by atoms with Gasteiger partial charge in [0, 0.05) is 38.2 Å². The smallest absolute Gasteiger partial charge is 0.256 e. The van der Waals surface area contributed by atoms with Crippen molar-refractivity contribution >= 4 is 28.9 Å². The van der Waals surface area contributed by atoms with Crippen LogP contribution in [0.1, 0.15) is 42.5 Å². The highest BCUT2D eigenvalue weighted by Crippen LogP contribution is 2.29. The number of anilines is 3. The third-order valence-electron chi connectivity index (χ3n) is 5.89. The second kappa shape index (κ2) is 8.99. The summed E-state index contributed by atoms with van der Waals surface area (Å²) in [5, 5.41) is 13.8. The van der Waals surface area contributed by atoms with Crippen molar-refractivity contribution in [1.29, 1.82) is 0 Å². The third-order valence-corrected chi connectivity index (χ3v) is 5.89. The van der Waals surface area contributed by atoms with Gasteiger partial charge < -0.3 is 25.4 Å². The molecule has 2 aliphatic rings. The molecule has 1 aliphatic carbocycles. The second-order valence-electron chi connectivity index (χ2n) is 8.08. The molecule has 4 heterocycles. The summed E-state index contributed by atoms with van der Waals surface area (Å²) < 4.78 is 13.2. The maximum Gasteiger partial charge on any atom is 0.256 e. The SMILES string of the molecule is CNc1cc(Nc2cccnc2OC2CCOCC2)nc2c(C(=O)NC3CCC3)cnn12. The van der Waals surface area contributed by atoms with Crippen LogP contribution in [0, 0.1) is 0 Å². The van der Waals surface area contributed by atoms with E-state index < -0.39 is 0 Å². The van der Waals surface area contributed by atoms with Crippen molar-refractivity contribution < 1.29 is 14.3 Å². The molecule has 5 rings (SSSR count). The highest BCUT2D eigenvalue weighted by Gasteiger charge is 2.24. The fourth-order valence-corrected chi connectivity index (χ4v) is 3.85. The van der Waals surface area contributed by atoms with E-state index in [1.54, 1.807) is 24.0 Å². The Morgan fingerprint density at radius 2 is 2.09 bits per heavy atom. The van der Waals surface area contributed by atoms with Crippen molar-refractivity contribution in [2.24, 2.45) is 0 Å². The van der Waals surface area contributed by atoms with E-state index in [0.29, 0.717) is 47.6 Å². The van der Waals surface area contributed by atoms with E-state index in [4.69, 9.17) is 9.47 Å². The number of rotatable bonds is 7. The molecule has 32 heavy (non-hydrogen) atoms. The first-order valence-electron chi connectivity index (χ1n) is 11.0. The number of fused-ring (bicyclic) bond motifs is 1. The number of hydrogen-bond acceptors (Lipinski definition) is 8. The van der Waals surface area contributed by atoms with E-state index in [1.807, 2.05) is 18.2 Å². The second-order valence-corrected chi connectivity index (χ2v) is 8.08. The van der Waals surface area contributed by atoms with E-state index in [9.17, 15) is 4.79 Å². The Balaban J connectivity index is 1.43. The van der Waals surface area contributed by atoms with Crippen LogP contribution in [-0.4, -0.2) is 57.9 Å². The summed E-state index contributed by atoms with van der Waals surface area (Å²) in [5.41, 5.74) is 1.63. The van der Waals surface area contributed by atoms with Gasteiger partial charge in [0.15, 0.2) is 5.65 Å². The Kier molecular flexibility index (Phi) is 5.76. The zero-order valence-corrected chi connectivity index (χ0v) is 18.0. The maximum absolute atomic E-state index is 12.8. The van der Waals surface area contributed by atoms with Gasteiger partial charge in [0.05, 0.1) is 19.4 Å². The van der Waals surface area contributed by atoms with Crippen LogP contribution in [0.25, 0.3) is 5.65 Å². The molecule has 0 bridgehead atoms. The fraction of sp³-hybridized carbons (Fsp3) is 0.455. The van der Waals surface area contributed by atoms with Crippen LogP contribution < -0.4 is 20.7 Å². The van der Waals surface area contributed by atoms with Crippen molar-refractivity contribution in [2.45, 2.75) is 44.2 Å². The van der Waals surface area contributed by atoms with Gasteiger partial charge in [0.1, 0.15) is 29.0 Å². The number of ether oxygens (including phenoxy) is 2. The van der Waals surface area contributed by atoms with Crippen LogP contribution in [0.3, 0.4) is 0 Å². The lowest BCUT2D eigenvalue weighted by Gasteiger charge is -2.26. The molecule has 1 aliphatic heterocycles. The first kappa shape index (κ1) is 20.5. The molecule has 0 atom stereocenters. The van der Waals surface area contributed by atoms with Crippen molar-refractivity contribution in [3.63, 3.8) is 0 Å². The van der Waals surface area contributed by atoms with Gasteiger partial charge in [0.2, 0.25) is 5.88 Å². The molecule has 3 aromatic rings.